The molecular formula is C9H17NO6. The van der Waals surface area contributed by atoms with E-state index in [1.165, 1.54) is 0 Å². The summed E-state index contributed by atoms with van der Waals surface area (Å²) < 4.78 is 0. The van der Waals surface area contributed by atoms with E-state index in [1.54, 1.807) is 6.92 Å². The number of carbonyl (C=O) groups is 2. The first kappa shape index (κ1) is 17.1. The summed E-state index contributed by atoms with van der Waals surface area (Å²) in [6, 6.07) is 0. The van der Waals surface area contributed by atoms with Crippen molar-refractivity contribution < 1.29 is 30.0 Å². The van der Waals surface area contributed by atoms with Gasteiger partial charge in [0, 0.05) is 5.57 Å². The Labute approximate surface area is 92.8 Å². The summed E-state index contributed by atoms with van der Waals surface area (Å²) in [7, 11) is 0. The van der Waals surface area contributed by atoms with Crippen molar-refractivity contribution >= 4 is 12.2 Å². The van der Waals surface area contributed by atoms with Crippen LogP contribution in [0.25, 0.3) is 0 Å². The van der Waals surface area contributed by atoms with E-state index in [0.717, 1.165) is 0 Å². The van der Waals surface area contributed by atoms with Gasteiger partial charge in [-0.15, -0.1) is 0 Å². The van der Waals surface area contributed by atoms with Crippen molar-refractivity contribution in [1.29, 1.82) is 0 Å². The zero-order chi connectivity index (χ0) is 13.3. The molecule has 0 aromatic carbocycles. The van der Waals surface area contributed by atoms with Crippen LogP contribution in [0, 0.1) is 0 Å². The molecule has 0 aromatic rings. The smallest absolute Gasteiger partial charge is 0.243 e. The van der Waals surface area contributed by atoms with Gasteiger partial charge in [-0.1, -0.05) is 6.58 Å². The summed E-state index contributed by atoms with van der Waals surface area (Å²) in [6.45, 7) is 4.16. The summed E-state index contributed by atoms with van der Waals surface area (Å²) in [4.78, 5) is 19.6. The molecule has 0 spiro atoms. The second-order valence-corrected chi connectivity index (χ2v) is 3.01. The first-order chi connectivity index (χ1) is 7.27. The summed E-state index contributed by atoms with van der Waals surface area (Å²) in [5.74, 6) is -0.435. The maximum absolute atomic E-state index is 9.82. The molecule has 16 heavy (non-hydrogen) atoms. The Morgan fingerprint density at radius 1 is 1.44 bits per heavy atom. The molecule has 7 heteroatoms. The lowest BCUT2D eigenvalue weighted by Crippen LogP contribution is -2.40. The lowest BCUT2D eigenvalue weighted by Gasteiger charge is -2.16. The molecule has 7 nitrogen and oxygen atoms in total. The van der Waals surface area contributed by atoms with Gasteiger partial charge in [0.15, 0.2) is 6.29 Å². The highest BCUT2D eigenvalue weighted by Crippen LogP contribution is 1.96. The quantitative estimate of drug-likeness (QED) is 0.259. The molecule has 0 unspecified atom stereocenters. The fourth-order valence-electron chi connectivity index (χ4n) is 0.416. The molecule has 3 atom stereocenters. The molecule has 0 heterocycles. The zero-order valence-electron chi connectivity index (χ0n) is 8.91. The van der Waals surface area contributed by atoms with Crippen LogP contribution in [-0.4, -0.2) is 57.5 Å². The summed E-state index contributed by atoms with van der Waals surface area (Å²) >= 11 is 0. The summed E-state index contributed by atoms with van der Waals surface area (Å²) in [6.07, 6.45) is -4.63. The summed E-state index contributed by atoms with van der Waals surface area (Å²) in [5.41, 5.74) is 5.09. The number of carbonyl (C=O) groups excluding carboxylic acids is 2. The Bertz CT molecular complexity index is 230. The fourth-order valence-corrected chi connectivity index (χ4v) is 0.416. The van der Waals surface area contributed by atoms with Crippen molar-refractivity contribution in [3.63, 3.8) is 0 Å². The van der Waals surface area contributed by atoms with Crippen LogP contribution in [0.1, 0.15) is 6.92 Å². The van der Waals surface area contributed by atoms with Crippen LogP contribution in [0.15, 0.2) is 12.2 Å². The third-order valence-electron chi connectivity index (χ3n) is 1.49. The molecule has 0 aliphatic rings. The number of aldehydes is 1. The molecule has 0 fully saturated rings. The van der Waals surface area contributed by atoms with E-state index in [4.69, 9.17) is 26.2 Å². The van der Waals surface area contributed by atoms with Gasteiger partial charge in [-0.05, 0) is 6.92 Å². The highest BCUT2D eigenvalue weighted by Gasteiger charge is 2.22. The number of rotatable bonds is 5. The number of nitrogens with two attached hydrogens (primary N) is 1. The van der Waals surface area contributed by atoms with Crippen LogP contribution in [0.2, 0.25) is 0 Å². The average Bonchev–Trinajstić information content (AvgIpc) is 2.26. The monoisotopic (exact) mass is 235 g/mol. The number of aliphatic hydroxyl groups excluding tert-OH is 4. The molecule has 0 aliphatic heterocycles. The zero-order valence-corrected chi connectivity index (χ0v) is 8.91. The molecule has 0 saturated carbocycles. The number of hydrogen-bond acceptors (Lipinski definition) is 6. The molecule has 0 saturated heterocycles. The topological polar surface area (TPSA) is 141 Å². The van der Waals surface area contributed by atoms with Crippen LogP contribution < -0.4 is 5.73 Å². The van der Waals surface area contributed by atoms with Gasteiger partial charge in [-0.25, -0.2) is 0 Å². The van der Waals surface area contributed by atoms with Gasteiger partial charge in [0.25, 0.3) is 0 Å². The Morgan fingerprint density at radius 2 is 1.81 bits per heavy atom. The van der Waals surface area contributed by atoms with E-state index in [-0.39, 0.29) is 6.29 Å². The first-order valence-corrected chi connectivity index (χ1v) is 4.33. The van der Waals surface area contributed by atoms with Crippen LogP contribution in [0.5, 0.6) is 0 Å². The second kappa shape index (κ2) is 8.98. The number of amides is 1. The maximum Gasteiger partial charge on any atom is 0.243 e. The minimum atomic E-state index is -1.64. The normalized spacial score (nSPS) is 15.1. The van der Waals surface area contributed by atoms with E-state index in [2.05, 4.69) is 6.58 Å². The van der Waals surface area contributed by atoms with Gasteiger partial charge in [0.2, 0.25) is 5.91 Å². The van der Waals surface area contributed by atoms with Gasteiger partial charge < -0.3 is 31.0 Å². The van der Waals surface area contributed by atoms with Gasteiger partial charge in [-0.3, -0.25) is 4.79 Å². The van der Waals surface area contributed by atoms with Crippen molar-refractivity contribution in [3.8, 4) is 0 Å². The molecule has 1 amide bonds. The molecule has 0 bridgehead atoms. The van der Waals surface area contributed by atoms with E-state index in [9.17, 15) is 9.59 Å². The third kappa shape index (κ3) is 8.06. The SMILES string of the molecule is C=C(C)C(N)=O.O=C[C@H](O)[C@@H](O)[C@H](O)CO. The lowest BCUT2D eigenvalue weighted by atomic mass is 10.1. The lowest BCUT2D eigenvalue weighted by molar-refractivity contribution is -0.127. The Kier molecular flexibility index (Phi) is 9.61. The van der Waals surface area contributed by atoms with Crippen molar-refractivity contribution in [2.24, 2.45) is 5.73 Å². The minimum Gasteiger partial charge on any atom is -0.394 e. The Hall–Kier alpha value is -1.28. The van der Waals surface area contributed by atoms with E-state index in [1.807, 2.05) is 0 Å². The third-order valence-corrected chi connectivity index (χ3v) is 1.49. The Balaban J connectivity index is 0. The average molecular weight is 235 g/mol. The highest BCUT2D eigenvalue weighted by atomic mass is 16.4. The molecule has 0 rings (SSSR count). The van der Waals surface area contributed by atoms with Gasteiger partial charge in [0.1, 0.15) is 18.3 Å². The molecule has 0 aromatic heterocycles. The van der Waals surface area contributed by atoms with Crippen molar-refractivity contribution in [1.82, 2.24) is 0 Å². The van der Waals surface area contributed by atoms with Crippen molar-refractivity contribution in [3.05, 3.63) is 12.2 Å². The van der Waals surface area contributed by atoms with E-state index >= 15 is 0 Å². The predicted octanol–water partition coefficient (Wildman–Crippen LogP) is -2.69. The van der Waals surface area contributed by atoms with Crippen molar-refractivity contribution in [2.45, 2.75) is 25.2 Å². The van der Waals surface area contributed by atoms with E-state index < -0.39 is 30.8 Å². The van der Waals surface area contributed by atoms with Crippen molar-refractivity contribution in [2.75, 3.05) is 6.61 Å². The summed E-state index contributed by atoms with van der Waals surface area (Å²) in [5, 5.41) is 34.1. The van der Waals surface area contributed by atoms with Crippen LogP contribution in [0.3, 0.4) is 0 Å². The van der Waals surface area contributed by atoms with Gasteiger partial charge in [0.05, 0.1) is 6.61 Å². The molecule has 94 valence electrons. The van der Waals surface area contributed by atoms with Gasteiger partial charge in [-0.2, -0.15) is 0 Å². The van der Waals surface area contributed by atoms with Crippen LogP contribution in [0.4, 0.5) is 0 Å². The first-order valence-electron chi connectivity index (χ1n) is 4.33. The van der Waals surface area contributed by atoms with Crippen LogP contribution >= 0.6 is 0 Å². The number of primary amides is 1. The second-order valence-electron chi connectivity index (χ2n) is 3.01. The number of hydrogen-bond donors (Lipinski definition) is 5. The van der Waals surface area contributed by atoms with E-state index in [0.29, 0.717) is 5.57 Å². The van der Waals surface area contributed by atoms with Crippen LogP contribution in [-0.2, 0) is 9.59 Å². The highest BCUT2D eigenvalue weighted by molar-refractivity contribution is 5.90. The fraction of sp³-hybridized carbons (Fsp3) is 0.556. The maximum atomic E-state index is 9.82. The predicted molar refractivity (Wildman–Crippen MR) is 55.2 cm³/mol. The molecule has 0 radical (unpaired) electrons. The molecule has 0 aliphatic carbocycles. The Morgan fingerprint density at radius 3 is 2.00 bits per heavy atom. The number of aliphatic hydroxyl groups is 4. The molecular weight excluding hydrogens is 218 g/mol. The van der Waals surface area contributed by atoms with Gasteiger partial charge >= 0.3 is 0 Å². The minimum absolute atomic E-state index is 0.0869. The standard InChI is InChI=1S/C5H10O5.C4H7NO/c6-1-3(8)5(10)4(9)2-7;1-3(2)4(5)6/h1,3-5,7-10H,2H2;1H2,2H3,(H2,5,6)/t3-,4+,5+;/m0./s1. The molecule has 6 N–H and O–H groups in total. The largest absolute Gasteiger partial charge is 0.394 e.